The highest BCUT2D eigenvalue weighted by Crippen LogP contribution is 2.26. The number of nitrogens with zero attached hydrogens (tertiary/aromatic N) is 2. The number of methoxy groups -OCH3 is 1. The summed E-state index contributed by atoms with van der Waals surface area (Å²) in [5.74, 6) is -0.321. The van der Waals surface area contributed by atoms with E-state index in [1.54, 1.807) is 55.5 Å². The summed E-state index contributed by atoms with van der Waals surface area (Å²) >= 11 is 0. The lowest BCUT2D eigenvalue weighted by molar-refractivity contribution is -0.126. The number of carbonyl (C=O) groups excluding carboxylic acids is 3. The van der Waals surface area contributed by atoms with E-state index in [0.717, 1.165) is 4.90 Å². The van der Waals surface area contributed by atoms with Crippen molar-refractivity contribution in [2.24, 2.45) is 0 Å². The van der Waals surface area contributed by atoms with Gasteiger partial charge < -0.3 is 4.74 Å². The van der Waals surface area contributed by atoms with Crippen LogP contribution in [0.5, 0.6) is 5.75 Å². The smallest absolute Gasteiger partial charge is 0.332 e. The van der Waals surface area contributed by atoms with E-state index in [4.69, 9.17) is 4.74 Å². The molecule has 1 saturated heterocycles. The maximum absolute atomic E-state index is 12.7. The van der Waals surface area contributed by atoms with Gasteiger partial charge in [-0.1, -0.05) is 30.3 Å². The van der Waals surface area contributed by atoms with E-state index in [0.29, 0.717) is 17.0 Å². The number of Topliss-reactive ketones (excluding diaryl/α,β-unsaturated/α-hetero) is 1. The normalized spacial score (nSPS) is 17.1. The Balaban J connectivity index is 1.84. The topological polar surface area (TPSA) is 66.9 Å². The average Bonchev–Trinajstić information content (AvgIpc) is 2.85. The molecule has 0 unspecified atom stereocenters. The SMILES string of the molecule is COc1ccccc1C(=O)CN1C(=O)[C@H](C)N(c2ccccc2)C1=O. The van der Waals surface area contributed by atoms with Crippen molar-refractivity contribution in [3.05, 3.63) is 60.2 Å². The Hall–Kier alpha value is -3.15. The number of urea groups is 1. The molecule has 1 fully saturated rings. The molecule has 2 aromatic rings. The molecule has 128 valence electrons. The van der Waals surface area contributed by atoms with Gasteiger partial charge in [0.05, 0.1) is 19.2 Å². The number of hydrogen-bond donors (Lipinski definition) is 0. The Labute approximate surface area is 145 Å². The van der Waals surface area contributed by atoms with Gasteiger partial charge >= 0.3 is 6.03 Å². The second kappa shape index (κ2) is 6.76. The molecular formula is C19H18N2O4. The molecule has 0 aliphatic carbocycles. The van der Waals surface area contributed by atoms with Crippen molar-refractivity contribution in [3.8, 4) is 5.75 Å². The molecule has 0 spiro atoms. The standard InChI is InChI=1S/C19H18N2O4/c1-13-18(23)20(19(24)21(13)14-8-4-3-5-9-14)12-16(22)15-10-6-7-11-17(15)25-2/h3-11,13H,12H2,1-2H3/t13-/m0/s1. The summed E-state index contributed by atoms with van der Waals surface area (Å²) in [7, 11) is 1.47. The molecule has 1 aliphatic heterocycles. The van der Waals surface area contributed by atoms with Crippen LogP contribution >= 0.6 is 0 Å². The van der Waals surface area contributed by atoms with Crippen LogP contribution in [-0.4, -0.2) is 42.3 Å². The van der Waals surface area contributed by atoms with Crippen LogP contribution in [0, 0.1) is 0 Å². The number of carbonyl (C=O) groups is 3. The third-order valence-corrected chi connectivity index (χ3v) is 4.19. The lowest BCUT2D eigenvalue weighted by Crippen LogP contribution is -2.37. The number of amides is 3. The van der Waals surface area contributed by atoms with E-state index in [1.165, 1.54) is 12.0 Å². The first-order valence-corrected chi connectivity index (χ1v) is 7.90. The zero-order valence-corrected chi connectivity index (χ0v) is 14.0. The van der Waals surface area contributed by atoms with Gasteiger partial charge in [0.25, 0.3) is 5.91 Å². The first kappa shape index (κ1) is 16.7. The zero-order chi connectivity index (χ0) is 18.0. The Morgan fingerprint density at radius 1 is 1.04 bits per heavy atom. The predicted molar refractivity (Wildman–Crippen MR) is 92.8 cm³/mol. The number of ether oxygens (including phenoxy) is 1. The van der Waals surface area contributed by atoms with Gasteiger partial charge in [0.2, 0.25) is 0 Å². The van der Waals surface area contributed by atoms with Crippen molar-refractivity contribution in [1.29, 1.82) is 0 Å². The van der Waals surface area contributed by atoms with E-state index >= 15 is 0 Å². The highest BCUT2D eigenvalue weighted by atomic mass is 16.5. The Morgan fingerprint density at radius 2 is 1.68 bits per heavy atom. The minimum absolute atomic E-state index is 0.314. The van der Waals surface area contributed by atoms with Crippen molar-refractivity contribution >= 4 is 23.4 Å². The summed E-state index contributed by atoms with van der Waals surface area (Å²) in [6.45, 7) is 1.34. The fourth-order valence-electron chi connectivity index (χ4n) is 2.90. The molecule has 0 aromatic heterocycles. The molecule has 25 heavy (non-hydrogen) atoms. The molecule has 0 radical (unpaired) electrons. The fraction of sp³-hybridized carbons (Fsp3) is 0.211. The molecule has 0 bridgehead atoms. The molecule has 6 nitrogen and oxygen atoms in total. The predicted octanol–water partition coefficient (Wildman–Crippen LogP) is 2.74. The number of hydrogen-bond acceptors (Lipinski definition) is 4. The zero-order valence-electron chi connectivity index (χ0n) is 14.0. The summed E-state index contributed by atoms with van der Waals surface area (Å²) in [6.07, 6.45) is 0. The van der Waals surface area contributed by atoms with E-state index in [2.05, 4.69) is 0 Å². The number of rotatable bonds is 5. The molecule has 3 rings (SSSR count). The number of benzene rings is 2. The number of imide groups is 1. The molecule has 2 aromatic carbocycles. The third-order valence-electron chi connectivity index (χ3n) is 4.19. The van der Waals surface area contributed by atoms with Crippen LogP contribution in [-0.2, 0) is 4.79 Å². The Kier molecular flexibility index (Phi) is 4.52. The number of ketones is 1. The van der Waals surface area contributed by atoms with E-state index in [-0.39, 0.29) is 12.3 Å². The average molecular weight is 338 g/mol. The highest BCUT2D eigenvalue weighted by Gasteiger charge is 2.44. The number of anilines is 1. The van der Waals surface area contributed by atoms with Gasteiger partial charge in [0.15, 0.2) is 5.78 Å². The minimum atomic E-state index is -0.652. The van der Waals surface area contributed by atoms with Crippen molar-refractivity contribution in [2.75, 3.05) is 18.6 Å². The van der Waals surface area contributed by atoms with E-state index in [1.807, 2.05) is 6.07 Å². The molecule has 6 heteroatoms. The second-order valence-corrected chi connectivity index (χ2v) is 5.71. The van der Waals surface area contributed by atoms with Gasteiger partial charge in [0.1, 0.15) is 11.8 Å². The summed E-state index contributed by atoms with van der Waals surface area (Å²) in [6, 6.07) is 14.5. The van der Waals surface area contributed by atoms with Gasteiger partial charge in [-0.2, -0.15) is 0 Å². The first-order chi connectivity index (χ1) is 12.0. The van der Waals surface area contributed by atoms with Crippen LogP contribution in [0.2, 0.25) is 0 Å². The minimum Gasteiger partial charge on any atom is -0.496 e. The van der Waals surface area contributed by atoms with Crippen LogP contribution in [0.25, 0.3) is 0 Å². The number of para-hydroxylation sites is 2. The Bertz CT molecular complexity index is 819. The summed E-state index contributed by atoms with van der Waals surface area (Å²) in [5.41, 5.74) is 0.969. The molecule has 1 atom stereocenters. The molecule has 0 saturated carbocycles. The molecule has 3 amide bonds. The molecule has 0 N–H and O–H groups in total. The second-order valence-electron chi connectivity index (χ2n) is 5.71. The third kappa shape index (κ3) is 2.98. The summed E-state index contributed by atoms with van der Waals surface area (Å²) in [4.78, 5) is 40.2. The van der Waals surface area contributed by atoms with Crippen LogP contribution in [0.4, 0.5) is 10.5 Å². The van der Waals surface area contributed by atoms with Crippen molar-refractivity contribution in [3.63, 3.8) is 0 Å². The van der Waals surface area contributed by atoms with Gasteiger partial charge in [-0.25, -0.2) is 4.79 Å². The van der Waals surface area contributed by atoms with Gasteiger partial charge in [-0.05, 0) is 31.2 Å². The first-order valence-electron chi connectivity index (χ1n) is 7.90. The van der Waals surface area contributed by atoms with Crippen molar-refractivity contribution < 1.29 is 19.1 Å². The maximum atomic E-state index is 12.7. The van der Waals surface area contributed by atoms with Crippen LogP contribution in [0.1, 0.15) is 17.3 Å². The van der Waals surface area contributed by atoms with Gasteiger partial charge in [-0.15, -0.1) is 0 Å². The van der Waals surface area contributed by atoms with Gasteiger partial charge in [-0.3, -0.25) is 19.4 Å². The van der Waals surface area contributed by atoms with Crippen LogP contribution < -0.4 is 9.64 Å². The van der Waals surface area contributed by atoms with Crippen LogP contribution in [0.3, 0.4) is 0 Å². The summed E-state index contributed by atoms with van der Waals surface area (Å²) < 4.78 is 5.18. The quantitative estimate of drug-likeness (QED) is 0.621. The Morgan fingerprint density at radius 3 is 2.36 bits per heavy atom. The summed E-state index contributed by atoms with van der Waals surface area (Å²) in [5, 5.41) is 0. The maximum Gasteiger partial charge on any atom is 0.332 e. The van der Waals surface area contributed by atoms with Gasteiger partial charge in [0, 0.05) is 5.69 Å². The largest absolute Gasteiger partial charge is 0.496 e. The highest BCUT2D eigenvalue weighted by molar-refractivity contribution is 6.16. The van der Waals surface area contributed by atoms with Crippen LogP contribution in [0.15, 0.2) is 54.6 Å². The molecular weight excluding hydrogens is 320 g/mol. The van der Waals surface area contributed by atoms with E-state index in [9.17, 15) is 14.4 Å². The van der Waals surface area contributed by atoms with Crippen molar-refractivity contribution in [2.45, 2.75) is 13.0 Å². The lowest BCUT2D eigenvalue weighted by Gasteiger charge is -2.19. The molecule has 1 heterocycles. The molecule has 1 aliphatic rings. The fourth-order valence-corrected chi connectivity index (χ4v) is 2.90. The van der Waals surface area contributed by atoms with Crippen molar-refractivity contribution in [1.82, 2.24) is 4.90 Å². The lowest BCUT2D eigenvalue weighted by atomic mass is 10.1. The monoisotopic (exact) mass is 338 g/mol. The van der Waals surface area contributed by atoms with E-state index < -0.39 is 18.0 Å².